The molecule has 136 valence electrons. The first-order valence-corrected chi connectivity index (χ1v) is 9.18. The number of carbonyl (C=O) groups is 2. The minimum Gasteiger partial charge on any atom is -0.351 e. The monoisotopic (exact) mass is 363 g/mol. The largest absolute Gasteiger partial charge is 0.418 e. The zero-order valence-electron chi connectivity index (χ0n) is 13.0. The summed E-state index contributed by atoms with van der Waals surface area (Å²) in [6.07, 6.45) is 2.30. The number of amides is 3. The molecule has 2 atom stereocenters. The molecule has 3 rings (SSSR count). The summed E-state index contributed by atoms with van der Waals surface area (Å²) < 4.78 is 34.8. The third-order valence-corrected chi connectivity index (χ3v) is 5.02. The number of piperidine rings is 2. The Balaban J connectivity index is 1.62. The van der Waals surface area contributed by atoms with Crippen molar-refractivity contribution >= 4 is 22.3 Å². The van der Waals surface area contributed by atoms with Gasteiger partial charge in [0.15, 0.2) is 0 Å². The quantitative estimate of drug-likeness (QED) is 0.402. The van der Waals surface area contributed by atoms with E-state index in [0.717, 1.165) is 12.8 Å². The van der Waals surface area contributed by atoms with Crippen molar-refractivity contribution in [2.75, 3.05) is 19.6 Å². The Bertz CT molecular complexity index is 619. The van der Waals surface area contributed by atoms with Gasteiger partial charge >= 0.3 is 16.4 Å². The summed E-state index contributed by atoms with van der Waals surface area (Å²) in [4.78, 5) is 26.0. The van der Waals surface area contributed by atoms with Crippen LogP contribution in [0, 0.1) is 0 Å². The van der Waals surface area contributed by atoms with E-state index in [1.807, 2.05) is 0 Å². The molecule has 3 saturated heterocycles. The molecule has 3 fully saturated rings. The maximum Gasteiger partial charge on any atom is 0.418 e. The van der Waals surface area contributed by atoms with E-state index in [4.69, 9.17) is 10.4 Å². The molecule has 4 N–H and O–H groups in total. The van der Waals surface area contributed by atoms with Crippen LogP contribution in [-0.4, -0.2) is 77.6 Å². The maximum absolute atomic E-state index is 12.5. The summed E-state index contributed by atoms with van der Waals surface area (Å²) in [6.45, 7) is 1.57. The van der Waals surface area contributed by atoms with Crippen molar-refractivity contribution in [3.8, 4) is 0 Å². The Morgan fingerprint density at radius 3 is 2.54 bits per heavy atom. The fourth-order valence-electron chi connectivity index (χ4n) is 3.45. The van der Waals surface area contributed by atoms with Crippen LogP contribution in [0.1, 0.15) is 25.7 Å². The zero-order chi connectivity index (χ0) is 17.5. The molecule has 0 radical (unpaired) electrons. The van der Waals surface area contributed by atoms with Crippen LogP contribution in [0.5, 0.6) is 0 Å². The molecule has 0 aromatic carbocycles. The minimum atomic E-state index is -4.78. The Morgan fingerprint density at radius 1 is 1.25 bits per heavy atom. The predicted octanol–water partition coefficient (Wildman–Crippen LogP) is -1.56. The van der Waals surface area contributed by atoms with Crippen LogP contribution in [-0.2, 0) is 19.5 Å². The third kappa shape index (κ3) is 3.62. The molecule has 0 aliphatic carbocycles. The summed E-state index contributed by atoms with van der Waals surface area (Å²) in [5.74, 6) is 5.42. The molecule has 24 heavy (non-hydrogen) atoms. The van der Waals surface area contributed by atoms with Gasteiger partial charge in [-0.15, -0.1) is 4.28 Å². The first-order valence-electron chi connectivity index (χ1n) is 7.81. The standard InChI is InChI=1S/C12H21N5O6S/c13-15-5-3-8(4-6-15)14-11(18)10-2-1-9-7-16(10)12(19)17(9)23-24(20,21)22/h8-10H,1-7,13H2,(H,14,18)(H,20,21,22)/t9-,10+/m1/s1. The van der Waals surface area contributed by atoms with Gasteiger partial charge in [-0.25, -0.2) is 9.80 Å². The topological polar surface area (TPSA) is 146 Å². The lowest BCUT2D eigenvalue weighted by atomic mass is 9.99. The number of carbonyl (C=O) groups excluding carboxylic acids is 2. The molecule has 0 saturated carbocycles. The number of urea groups is 1. The minimum absolute atomic E-state index is 0.0119. The van der Waals surface area contributed by atoms with Crippen molar-refractivity contribution in [3.63, 3.8) is 0 Å². The van der Waals surface area contributed by atoms with Gasteiger partial charge < -0.3 is 10.2 Å². The van der Waals surface area contributed by atoms with Gasteiger partial charge in [0, 0.05) is 25.7 Å². The summed E-state index contributed by atoms with van der Waals surface area (Å²) in [5.41, 5.74) is 0. The Hall–Kier alpha value is -1.47. The first kappa shape index (κ1) is 17.4. The summed E-state index contributed by atoms with van der Waals surface area (Å²) in [6, 6.07) is -1.88. The highest BCUT2D eigenvalue weighted by atomic mass is 32.3. The van der Waals surface area contributed by atoms with Crippen molar-refractivity contribution in [1.29, 1.82) is 0 Å². The first-order chi connectivity index (χ1) is 11.2. The average molecular weight is 363 g/mol. The zero-order valence-corrected chi connectivity index (χ0v) is 13.8. The van der Waals surface area contributed by atoms with Gasteiger partial charge in [0.2, 0.25) is 5.91 Å². The number of hydrogen-bond donors (Lipinski definition) is 3. The second kappa shape index (κ2) is 6.44. The van der Waals surface area contributed by atoms with Crippen molar-refractivity contribution in [2.24, 2.45) is 5.84 Å². The Labute approximate surface area is 139 Å². The molecule has 0 aromatic rings. The fraction of sp³-hybridized carbons (Fsp3) is 0.833. The maximum atomic E-state index is 12.5. The Morgan fingerprint density at radius 2 is 1.92 bits per heavy atom. The van der Waals surface area contributed by atoms with Crippen molar-refractivity contribution in [3.05, 3.63) is 0 Å². The molecule has 0 unspecified atom stereocenters. The van der Waals surface area contributed by atoms with Gasteiger partial charge in [0.1, 0.15) is 6.04 Å². The van der Waals surface area contributed by atoms with Crippen LogP contribution in [0.2, 0.25) is 0 Å². The van der Waals surface area contributed by atoms with Crippen LogP contribution in [0.4, 0.5) is 4.79 Å². The van der Waals surface area contributed by atoms with E-state index in [-0.39, 0.29) is 18.5 Å². The predicted molar refractivity (Wildman–Crippen MR) is 80.3 cm³/mol. The SMILES string of the molecule is NN1CCC(NC(=O)[C@@H]2CC[C@@H]3CN2C(=O)N3OS(=O)(=O)O)CC1. The normalized spacial score (nSPS) is 29.2. The molecular weight excluding hydrogens is 342 g/mol. The third-order valence-electron chi connectivity index (χ3n) is 4.68. The average Bonchev–Trinajstić information content (AvgIpc) is 2.73. The highest BCUT2D eigenvalue weighted by Gasteiger charge is 2.49. The van der Waals surface area contributed by atoms with Crippen LogP contribution >= 0.6 is 0 Å². The molecule has 3 amide bonds. The molecular formula is C12H21N5O6S. The molecule has 11 nitrogen and oxygen atoms in total. The molecule has 12 heteroatoms. The van der Waals surface area contributed by atoms with E-state index < -0.39 is 28.5 Å². The van der Waals surface area contributed by atoms with Gasteiger partial charge in [0.05, 0.1) is 6.04 Å². The molecule has 3 heterocycles. The van der Waals surface area contributed by atoms with Gasteiger partial charge in [-0.2, -0.15) is 13.5 Å². The smallest absolute Gasteiger partial charge is 0.351 e. The molecule has 3 aliphatic heterocycles. The molecule has 3 aliphatic rings. The number of fused-ring (bicyclic) bond motifs is 2. The molecule has 0 aromatic heterocycles. The van der Waals surface area contributed by atoms with Gasteiger partial charge in [-0.1, -0.05) is 0 Å². The summed E-state index contributed by atoms with van der Waals surface area (Å²) in [5, 5.41) is 5.26. The van der Waals surface area contributed by atoms with Gasteiger partial charge in [-0.05, 0) is 25.7 Å². The van der Waals surface area contributed by atoms with Crippen LogP contribution < -0.4 is 11.2 Å². The number of hydrazine groups is 1. The van der Waals surface area contributed by atoms with E-state index in [0.29, 0.717) is 31.0 Å². The number of nitrogens with zero attached hydrogens (tertiary/aromatic N) is 3. The highest BCUT2D eigenvalue weighted by Crippen LogP contribution is 2.30. The second-order valence-electron chi connectivity index (χ2n) is 6.33. The highest BCUT2D eigenvalue weighted by molar-refractivity contribution is 7.80. The molecule has 2 bridgehead atoms. The lowest BCUT2D eigenvalue weighted by Crippen LogP contribution is -2.54. The fourth-order valence-corrected chi connectivity index (χ4v) is 3.83. The van der Waals surface area contributed by atoms with Gasteiger partial charge in [-0.3, -0.25) is 15.2 Å². The number of nitrogens with two attached hydrogens (primary N) is 1. The van der Waals surface area contributed by atoms with Crippen molar-refractivity contribution in [1.82, 2.24) is 20.3 Å². The van der Waals surface area contributed by atoms with Crippen molar-refractivity contribution in [2.45, 2.75) is 43.8 Å². The van der Waals surface area contributed by atoms with E-state index in [1.165, 1.54) is 4.90 Å². The van der Waals surface area contributed by atoms with E-state index in [2.05, 4.69) is 9.60 Å². The number of rotatable bonds is 4. The Kier molecular flexibility index (Phi) is 4.66. The lowest BCUT2D eigenvalue weighted by Gasteiger charge is -2.33. The second-order valence-corrected chi connectivity index (χ2v) is 7.33. The molecule has 0 spiro atoms. The van der Waals surface area contributed by atoms with Crippen LogP contribution in [0.3, 0.4) is 0 Å². The van der Waals surface area contributed by atoms with E-state index in [1.54, 1.807) is 5.01 Å². The number of hydroxylamine groups is 2. The van der Waals surface area contributed by atoms with Crippen LogP contribution in [0.25, 0.3) is 0 Å². The van der Waals surface area contributed by atoms with Crippen molar-refractivity contribution < 1.29 is 26.8 Å². The lowest BCUT2D eigenvalue weighted by molar-refractivity contribution is -0.127. The van der Waals surface area contributed by atoms with E-state index >= 15 is 0 Å². The summed E-state index contributed by atoms with van der Waals surface area (Å²) >= 11 is 0. The summed E-state index contributed by atoms with van der Waals surface area (Å²) in [7, 11) is -4.78. The van der Waals surface area contributed by atoms with Crippen LogP contribution in [0.15, 0.2) is 0 Å². The van der Waals surface area contributed by atoms with Gasteiger partial charge in [0.25, 0.3) is 0 Å². The van der Waals surface area contributed by atoms with E-state index in [9.17, 15) is 18.0 Å². The number of hydrogen-bond acceptors (Lipinski definition) is 7. The number of nitrogens with one attached hydrogen (secondary N) is 1.